The largest absolute Gasteiger partial charge is 0.481 e. The second kappa shape index (κ2) is 3.01. The maximum atomic E-state index is 10.5. The van der Waals surface area contributed by atoms with E-state index in [0.29, 0.717) is 5.71 Å². The highest BCUT2D eigenvalue weighted by atomic mass is 16.4. The lowest BCUT2D eigenvalue weighted by Crippen LogP contribution is -2.33. The molecule has 0 radical (unpaired) electrons. The molecule has 0 saturated heterocycles. The van der Waals surface area contributed by atoms with Crippen LogP contribution in [0.2, 0.25) is 0 Å². The smallest absolute Gasteiger partial charge is 0.309 e. The minimum absolute atomic E-state index is 0.0147. The van der Waals surface area contributed by atoms with Crippen LogP contribution in [0.5, 0.6) is 0 Å². The SMILES string of the molecule is O=C(O)CC1=NC=NC2NC=CC12. The van der Waals surface area contributed by atoms with Crippen molar-refractivity contribution in [1.82, 2.24) is 5.32 Å². The number of aliphatic imine (C=N–C) groups is 2. The van der Waals surface area contributed by atoms with Gasteiger partial charge in [0, 0.05) is 5.71 Å². The van der Waals surface area contributed by atoms with Gasteiger partial charge < -0.3 is 10.4 Å². The second-order valence-corrected chi connectivity index (χ2v) is 2.95. The molecule has 0 aromatic heterocycles. The minimum atomic E-state index is -0.854. The van der Waals surface area contributed by atoms with Gasteiger partial charge in [0.15, 0.2) is 0 Å². The monoisotopic (exact) mass is 179 g/mol. The number of aliphatic carboxylic acids is 1. The molecule has 0 spiro atoms. The van der Waals surface area contributed by atoms with E-state index in [2.05, 4.69) is 15.3 Å². The molecule has 5 nitrogen and oxygen atoms in total. The number of carbonyl (C=O) groups is 1. The van der Waals surface area contributed by atoms with Crippen LogP contribution in [0.1, 0.15) is 6.42 Å². The fraction of sp³-hybridized carbons (Fsp3) is 0.375. The summed E-state index contributed by atoms with van der Waals surface area (Å²) in [5.41, 5.74) is 0.661. The number of rotatable bonds is 2. The molecule has 0 aliphatic carbocycles. The third kappa shape index (κ3) is 1.44. The van der Waals surface area contributed by atoms with Crippen LogP contribution < -0.4 is 5.32 Å². The van der Waals surface area contributed by atoms with Crippen LogP contribution in [0, 0.1) is 5.92 Å². The van der Waals surface area contributed by atoms with Gasteiger partial charge in [-0.15, -0.1) is 0 Å². The van der Waals surface area contributed by atoms with Gasteiger partial charge in [-0.2, -0.15) is 0 Å². The summed E-state index contributed by atoms with van der Waals surface area (Å²) in [6.45, 7) is 0. The van der Waals surface area contributed by atoms with Crippen LogP contribution in [0.25, 0.3) is 0 Å². The average Bonchev–Trinajstić information content (AvgIpc) is 2.51. The molecule has 0 fully saturated rings. The lowest BCUT2D eigenvalue weighted by molar-refractivity contribution is -0.135. The zero-order chi connectivity index (χ0) is 9.26. The number of hydrogen-bond donors (Lipinski definition) is 2. The predicted octanol–water partition coefficient (Wildman–Crippen LogP) is 0.00320. The van der Waals surface area contributed by atoms with Crippen molar-refractivity contribution in [2.45, 2.75) is 12.6 Å². The van der Waals surface area contributed by atoms with Gasteiger partial charge in [-0.1, -0.05) is 6.08 Å². The Kier molecular flexibility index (Phi) is 1.84. The first-order valence-corrected chi connectivity index (χ1v) is 4.00. The van der Waals surface area contributed by atoms with E-state index in [1.807, 2.05) is 6.08 Å². The quantitative estimate of drug-likeness (QED) is 0.626. The fourth-order valence-corrected chi connectivity index (χ4v) is 1.48. The molecular weight excluding hydrogens is 170 g/mol. The molecule has 5 heteroatoms. The highest BCUT2D eigenvalue weighted by Gasteiger charge is 2.29. The van der Waals surface area contributed by atoms with Gasteiger partial charge in [-0.25, -0.2) is 9.98 Å². The first-order valence-electron chi connectivity index (χ1n) is 4.00. The Morgan fingerprint density at radius 1 is 1.69 bits per heavy atom. The van der Waals surface area contributed by atoms with E-state index in [4.69, 9.17) is 5.11 Å². The summed E-state index contributed by atoms with van der Waals surface area (Å²) in [7, 11) is 0. The molecule has 13 heavy (non-hydrogen) atoms. The molecule has 2 unspecified atom stereocenters. The normalized spacial score (nSPS) is 29.4. The Hall–Kier alpha value is -1.65. The molecule has 2 atom stereocenters. The molecule has 68 valence electrons. The number of carboxylic acid groups (broad SMARTS) is 1. The standard InChI is InChI=1S/C8H9N3O2/c12-7(13)3-6-5-1-2-9-8(5)11-4-10-6/h1-2,4-5,8-9H,3H2,(H,12,13). The third-order valence-corrected chi connectivity index (χ3v) is 2.08. The molecule has 2 aliphatic rings. The van der Waals surface area contributed by atoms with Crippen molar-refractivity contribution in [2.24, 2.45) is 15.9 Å². The Morgan fingerprint density at radius 2 is 2.54 bits per heavy atom. The highest BCUT2D eigenvalue weighted by Crippen LogP contribution is 2.19. The van der Waals surface area contributed by atoms with Crippen molar-refractivity contribution in [3.63, 3.8) is 0 Å². The van der Waals surface area contributed by atoms with Crippen LogP contribution >= 0.6 is 0 Å². The Morgan fingerprint density at radius 3 is 3.31 bits per heavy atom. The van der Waals surface area contributed by atoms with Gasteiger partial charge in [-0.05, 0) is 6.20 Å². The maximum absolute atomic E-state index is 10.5. The minimum Gasteiger partial charge on any atom is -0.481 e. The van der Waals surface area contributed by atoms with Gasteiger partial charge in [0.1, 0.15) is 12.5 Å². The van der Waals surface area contributed by atoms with E-state index >= 15 is 0 Å². The summed E-state index contributed by atoms with van der Waals surface area (Å²) in [4.78, 5) is 18.5. The molecule has 0 aromatic rings. The van der Waals surface area contributed by atoms with E-state index in [9.17, 15) is 4.79 Å². The van der Waals surface area contributed by atoms with Crippen molar-refractivity contribution in [2.75, 3.05) is 0 Å². The molecular formula is C8H9N3O2. The first-order chi connectivity index (χ1) is 6.27. The fourth-order valence-electron chi connectivity index (χ4n) is 1.48. The van der Waals surface area contributed by atoms with Gasteiger partial charge in [0.25, 0.3) is 0 Å². The Bertz CT molecular complexity index is 319. The molecule has 2 N–H and O–H groups in total. The van der Waals surface area contributed by atoms with Crippen LogP contribution in [0.15, 0.2) is 22.3 Å². The molecule has 0 bridgehead atoms. The lowest BCUT2D eigenvalue weighted by atomic mass is 9.98. The van der Waals surface area contributed by atoms with Crippen molar-refractivity contribution in [3.8, 4) is 0 Å². The van der Waals surface area contributed by atoms with Crippen LogP contribution in [-0.2, 0) is 4.79 Å². The van der Waals surface area contributed by atoms with Crippen molar-refractivity contribution in [3.05, 3.63) is 12.3 Å². The lowest BCUT2D eigenvalue weighted by Gasteiger charge is -2.19. The molecule has 0 amide bonds. The average molecular weight is 179 g/mol. The molecule has 0 saturated carbocycles. The summed E-state index contributed by atoms with van der Waals surface area (Å²) in [6, 6.07) is 0. The van der Waals surface area contributed by atoms with Crippen LogP contribution in [0.3, 0.4) is 0 Å². The number of fused-ring (bicyclic) bond motifs is 1. The van der Waals surface area contributed by atoms with Crippen molar-refractivity contribution in [1.29, 1.82) is 0 Å². The zero-order valence-corrected chi connectivity index (χ0v) is 6.84. The summed E-state index contributed by atoms with van der Waals surface area (Å²) in [5, 5.41) is 11.6. The van der Waals surface area contributed by atoms with E-state index in [1.54, 1.807) is 6.20 Å². The van der Waals surface area contributed by atoms with Crippen LogP contribution in [0.4, 0.5) is 0 Å². The molecule has 2 heterocycles. The van der Waals surface area contributed by atoms with Crippen molar-refractivity contribution < 1.29 is 9.90 Å². The molecule has 2 aliphatic heterocycles. The first kappa shape index (κ1) is 7.97. The van der Waals surface area contributed by atoms with Gasteiger partial charge in [-0.3, -0.25) is 4.79 Å². The second-order valence-electron chi connectivity index (χ2n) is 2.95. The summed E-state index contributed by atoms with van der Waals surface area (Å²) in [6.07, 6.45) is 5.03. The molecule has 2 rings (SSSR count). The van der Waals surface area contributed by atoms with Crippen molar-refractivity contribution >= 4 is 18.0 Å². The van der Waals surface area contributed by atoms with Gasteiger partial charge >= 0.3 is 5.97 Å². The van der Waals surface area contributed by atoms with Gasteiger partial charge in [0.05, 0.1) is 12.3 Å². The summed E-state index contributed by atoms with van der Waals surface area (Å²) >= 11 is 0. The molecule has 0 aromatic carbocycles. The Labute approximate surface area is 74.9 Å². The topological polar surface area (TPSA) is 74.0 Å². The van der Waals surface area contributed by atoms with E-state index in [1.165, 1.54) is 6.34 Å². The van der Waals surface area contributed by atoms with E-state index < -0.39 is 5.97 Å². The third-order valence-electron chi connectivity index (χ3n) is 2.08. The van der Waals surface area contributed by atoms with Crippen LogP contribution in [-0.4, -0.2) is 29.3 Å². The number of nitrogens with one attached hydrogen (secondary N) is 1. The Balaban J connectivity index is 2.17. The summed E-state index contributed by atoms with van der Waals surface area (Å²) in [5.74, 6) is -0.839. The number of nitrogens with zero attached hydrogens (tertiary/aromatic N) is 2. The zero-order valence-electron chi connectivity index (χ0n) is 6.84. The maximum Gasteiger partial charge on any atom is 0.309 e. The number of hydrogen-bond acceptors (Lipinski definition) is 4. The predicted molar refractivity (Wildman–Crippen MR) is 47.7 cm³/mol. The summed E-state index contributed by atoms with van der Waals surface area (Å²) < 4.78 is 0. The number of carboxylic acids is 1. The van der Waals surface area contributed by atoms with E-state index in [-0.39, 0.29) is 18.5 Å². The van der Waals surface area contributed by atoms with E-state index in [0.717, 1.165) is 0 Å². The highest BCUT2D eigenvalue weighted by molar-refractivity contribution is 6.04. The van der Waals surface area contributed by atoms with Gasteiger partial charge in [0.2, 0.25) is 0 Å².